The van der Waals surface area contributed by atoms with Crippen molar-refractivity contribution < 1.29 is 9.66 Å². The van der Waals surface area contributed by atoms with E-state index < -0.39 is 0 Å². The third-order valence-corrected chi connectivity index (χ3v) is 2.19. The summed E-state index contributed by atoms with van der Waals surface area (Å²) in [4.78, 5) is 10.3. The zero-order valence-electron chi connectivity index (χ0n) is 10.1. The lowest BCUT2D eigenvalue weighted by Crippen LogP contribution is -2.08. The van der Waals surface area contributed by atoms with Crippen molar-refractivity contribution in [2.75, 3.05) is 0 Å². The zero-order valence-corrected chi connectivity index (χ0v) is 10.1. The van der Waals surface area contributed by atoms with Crippen LogP contribution in [0.3, 0.4) is 0 Å². The molecule has 0 atom stereocenters. The molecule has 0 saturated carbocycles. The Balaban J connectivity index is 3.14. The van der Waals surface area contributed by atoms with Crippen LogP contribution in [0.5, 0.6) is 5.75 Å². The van der Waals surface area contributed by atoms with Crippen molar-refractivity contribution in [3.05, 3.63) is 33.9 Å². The standard InChI is InChI=1S/C12H17NO3/c1-8(2)11-7-10(13(14)15)5-6-12(11)16-9(3)4/h5-9H,1-4H3. The summed E-state index contributed by atoms with van der Waals surface area (Å²) in [5.74, 6) is 0.934. The number of benzene rings is 1. The van der Waals surface area contributed by atoms with E-state index in [2.05, 4.69) is 0 Å². The number of nitro groups is 1. The van der Waals surface area contributed by atoms with Gasteiger partial charge in [-0.25, -0.2) is 0 Å². The quantitative estimate of drug-likeness (QED) is 0.579. The van der Waals surface area contributed by atoms with Crippen LogP contribution in [-0.4, -0.2) is 11.0 Å². The summed E-state index contributed by atoms with van der Waals surface area (Å²) < 4.78 is 5.62. The fourth-order valence-corrected chi connectivity index (χ4v) is 1.46. The molecule has 0 unspecified atom stereocenters. The maximum absolute atomic E-state index is 10.7. The molecular formula is C12H17NO3. The molecule has 1 aromatic rings. The third kappa shape index (κ3) is 2.95. The van der Waals surface area contributed by atoms with Gasteiger partial charge in [-0.3, -0.25) is 10.1 Å². The molecule has 0 heterocycles. The second kappa shape index (κ2) is 4.96. The molecule has 0 aliphatic heterocycles. The predicted molar refractivity (Wildman–Crippen MR) is 62.9 cm³/mol. The molecule has 4 nitrogen and oxygen atoms in total. The zero-order chi connectivity index (χ0) is 12.3. The van der Waals surface area contributed by atoms with Gasteiger partial charge in [0, 0.05) is 17.7 Å². The molecule has 0 amide bonds. The van der Waals surface area contributed by atoms with Gasteiger partial charge >= 0.3 is 0 Å². The molecule has 0 aromatic heterocycles. The maximum atomic E-state index is 10.7. The fourth-order valence-electron chi connectivity index (χ4n) is 1.46. The lowest BCUT2D eigenvalue weighted by Gasteiger charge is -2.16. The van der Waals surface area contributed by atoms with Crippen LogP contribution in [-0.2, 0) is 0 Å². The van der Waals surface area contributed by atoms with Gasteiger partial charge in [0.1, 0.15) is 5.75 Å². The van der Waals surface area contributed by atoms with Gasteiger partial charge in [-0.05, 0) is 25.8 Å². The molecule has 4 heteroatoms. The van der Waals surface area contributed by atoms with Crippen molar-refractivity contribution in [3.63, 3.8) is 0 Å². The summed E-state index contributed by atoms with van der Waals surface area (Å²) in [6, 6.07) is 4.74. The highest BCUT2D eigenvalue weighted by Crippen LogP contribution is 2.30. The highest BCUT2D eigenvalue weighted by Gasteiger charge is 2.14. The van der Waals surface area contributed by atoms with Gasteiger partial charge in [-0.1, -0.05) is 13.8 Å². The lowest BCUT2D eigenvalue weighted by atomic mass is 10.0. The summed E-state index contributed by atoms with van der Waals surface area (Å²) >= 11 is 0. The van der Waals surface area contributed by atoms with E-state index in [4.69, 9.17) is 4.74 Å². The normalized spacial score (nSPS) is 10.9. The molecule has 0 N–H and O–H groups in total. The minimum Gasteiger partial charge on any atom is -0.491 e. The van der Waals surface area contributed by atoms with Crippen LogP contribution in [0, 0.1) is 10.1 Å². The van der Waals surface area contributed by atoms with Gasteiger partial charge in [0.25, 0.3) is 5.69 Å². The van der Waals surface area contributed by atoms with E-state index in [1.165, 1.54) is 6.07 Å². The van der Waals surface area contributed by atoms with Crippen molar-refractivity contribution >= 4 is 5.69 Å². The van der Waals surface area contributed by atoms with E-state index in [0.717, 1.165) is 11.3 Å². The first-order valence-electron chi connectivity index (χ1n) is 5.36. The highest BCUT2D eigenvalue weighted by molar-refractivity contribution is 5.45. The molecule has 0 saturated heterocycles. The molecule has 0 spiro atoms. The Morgan fingerprint density at radius 1 is 1.25 bits per heavy atom. The molecule has 0 aliphatic rings. The largest absolute Gasteiger partial charge is 0.491 e. The van der Waals surface area contributed by atoms with E-state index in [9.17, 15) is 10.1 Å². The summed E-state index contributed by atoms with van der Waals surface area (Å²) in [5, 5.41) is 10.7. The van der Waals surface area contributed by atoms with Gasteiger partial charge in [0.2, 0.25) is 0 Å². The molecule has 0 fully saturated rings. The fraction of sp³-hybridized carbons (Fsp3) is 0.500. The monoisotopic (exact) mass is 223 g/mol. The van der Waals surface area contributed by atoms with E-state index in [0.29, 0.717) is 0 Å². The number of rotatable bonds is 4. The number of hydrogen-bond donors (Lipinski definition) is 0. The van der Waals surface area contributed by atoms with Gasteiger partial charge in [-0.15, -0.1) is 0 Å². The van der Waals surface area contributed by atoms with Crippen LogP contribution in [0.25, 0.3) is 0 Å². The van der Waals surface area contributed by atoms with Crippen LogP contribution in [0.2, 0.25) is 0 Å². The predicted octanol–water partition coefficient (Wildman–Crippen LogP) is 3.51. The highest BCUT2D eigenvalue weighted by atomic mass is 16.6. The van der Waals surface area contributed by atoms with Gasteiger partial charge in [0.05, 0.1) is 11.0 Å². The molecule has 88 valence electrons. The smallest absolute Gasteiger partial charge is 0.269 e. The number of ether oxygens (including phenoxy) is 1. The number of non-ortho nitro benzene ring substituents is 1. The molecule has 1 aromatic carbocycles. The minimum atomic E-state index is -0.384. The Morgan fingerprint density at radius 3 is 2.31 bits per heavy atom. The number of nitro benzene ring substituents is 1. The van der Waals surface area contributed by atoms with Crippen molar-refractivity contribution in [1.29, 1.82) is 0 Å². The average Bonchev–Trinajstić information content (AvgIpc) is 2.16. The summed E-state index contributed by atoms with van der Waals surface area (Å²) in [6.07, 6.45) is 0.0685. The topological polar surface area (TPSA) is 52.4 Å². The Kier molecular flexibility index (Phi) is 3.88. The molecule has 16 heavy (non-hydrogen) atoms. The van der Waals surface area contributed by atoms with E-state index in [1.54, 1.807) is 12.1 Å². The van der Waals surface area contributed by atoms with Crippen molar-refractivity contribution in [1.82, 2.24) is 0 Å². The van der Waals surface area contributed by atoms with Gasteiger partial charge in [0.15, 0.2) is 0 Å². The van der Waals surface area contributed by atoms with Crippen LogP contribution in [0.1, 0.15) is 39.2 Å². The Morgan fingerprint density at radius 2 is 1.88 bits per heavy atom. The Bertz CT molecular complexity index is 386. The second-order valence-corrected chi connectivity index (χ2v) is 4.30. The molecular weight excluding hydrogens is 206 g/mol. The van der Waals surface area contributed by atoms with Crippen molar-refractivity contribution in [3.8, 4) is 5.75 Å². The molecule has 1 rings (SSSR count). The van der Waals surface area contributed by atoms with Crippen LogP contribution >= 0.6 is 0 Å². The third-order valence-electron chi connectivity index (χ3n) is 2.19. The summed E-state index contributed by atoms with van der Waals surface area (Å²) in [7, 11) is 0. The maximum Gasteiger partial charge on any atom is 0.269 e. The SMILES string of the molecule is CC(C)Oc1ccc([N+](=O)[O-])cc1C(C)C. The average molecular weight is 223 g/mol. The molecule has 0 aliphatic carbocycles. The van der Waals surface area contributed by atoms with Gasteiger partial charge < -0.3 is 4.74 Å². The first-order valence-corrected chi connectivity index (χ1v) is 5.36. The van der Waals surface area contributed by atoms with E-state index >= 15 is 0 Å². The van der Waals surface area contributed by atoms with Crippen molar-refractivity contribution in [2.24, 2.45) is 0 Å². The first-order chi connectivity index (χ1) is 7.41. The van der Waals surface area contributed by atoms with Crippen LogP contribution in [0.4, 0.5) is 5.69 Å². The second-order valence-electron chi connectivity index (χ2n) is 4.30. The van der Waals surface area contributed by atoms with E-state index in [-0.39, 0.29) is 22.6 Å². The first kappa shape index (κ1) is 12.5. The summed E-state index contributed by atoms with van der Waals surface area (Å²) in [5.41, 5.74) is 0.989. The number of nitrogens with zero attached hydrogens (tertiary/aromatic N) is 1. The lowest BCUT2D eigenvalue weighted by molar-refractivity contribution is -0.385. The molecule has 0 bridgehead atoms. The Labute approximate surface area is 95.4 Å². The van der Waals surface area contributed by atoms with E-state index in [1.807, 2.05) is 27.7 Å². The molecule has 0 radical (unpaired) electrons. The number of hydrogen-bond acceptors (Lipinski definition) is 3. The minimum absolute atomic E-state index is 0.0685. The van der Waals surface area contributed by atoms with Crippen molar-refractivity contribution in [2.45, 2.75) is 39.7 Å². The van der Waals surface area contributed by atoms with Crippen LogP contribution in [0.15, 0.2) is 18.2 Å². The van der Waals surface area contributed by atoms with Crippen LogP contribution < -0.4 is 4.74 Å². The Hall–Kier alpha value is -1.58. The summed E-state index contributed by atoms with van der Waals surface area (Å²) in [6.45, 7) is 7.86. The van der Waals surface area contributed by atoms with Gasteiger partial charge in [-0.2, -0.15) is 0 Å².